The van der Waals surface area contributed by atoms with Gasteiger partial charge in [0.25, 0.3) is 0 Å². The maximum atomic E-state index is 3.79. The topological polar surface area (TPSA) is 15.3 Å². The Morgan fingerprint density at radius 3 is 2.21 bits per heavy atom. The van der Waals surface area contributed by atoms with E-state index in [0.717, 1.165) is 19.5 Å². The van der Waals surface area contributed by atoms with Gasteiger partial charge in [0.2, 0.25) is 0 Å². The van der Waals surface area contributed by atoms with Gasteiger partial charge in [0.1, 0.15) is 0 Å². The molecule has 0 atom stereocenters. The Morgan fingerprint density at radius 1 is 1.21 bits per heavy atom. The lowest BCUT2D eigenvalue weighted by Crippen LogP contribution is -2.39. The molecule has 0 radical (unpaired) electrons. The SMILES string of the molecule is C=CC1=C(C=C)CN(NC)CC1.CC. The molecule has 1 N–H and O–H groups in total. The summed E-state index contributed by atoms with van der Waals surface area (Å²) in [6.07, 6.45) is 4.91. The molecule has 0 unspecified atom stereocenters. The van der Waals surface area contributed by atoms with Crippen LogP contribution in [0.5, 0.6) is 0 Å². The molecule has 0 amide bonds. The summed E-state index contributed by atoms with van der Waals surface area (Å²) < 4.78 is 0. The van der Waals surface area contributed by atoms with Crippen molar-refractivity contribution in [3.05, 3.63) is 36.5 Å². The van der Waals surface area contributed by atoms with Crippen LogP contribution in [0, 0.1) is 0 Å². The van der Waals surface area contributed by atoms with Crippen molar-refractivity contribution in [2.24, 2.45) is 0 Å². The molecule has 1 rings (SSSR count). The highest BCUT2D eigenvalue weighted by Crippen LogP contribution is 2.17. The second kappa shape index (κ2) is 7.54. The Bertz CT molecular complexity index is 216. The summed E-state index contributed by atoms with van der Waals surface area (Å²) in [6.45, 7) is 13.6. The molecule has 1 heterocycles. The minimum absolute atomic E-state index is 0.932. The number of nitrogens with zero attached hydrogens (tertiary/aromatic N) is 1. The molecule has 0 aliphatic carbocycles. The fourth-order valence-corrected chi connectivity index (χ4v) is 1.42. The van der Waals surface area contributed by atoms with Crippen molar-refractivity contribution >= 4 is 0 Å². The Balaban J connectivity index is 0.000000791. The zero-order valence-corrected chi connectivity index (χ0v) is 9.64. The fourth-order valence-electron chi connectivity index (χ4n) is 1.42. The van der Waals surface area contributed by atoms with E-state index in [0.29, 0.717) is 0 Å². The molecule has 1 aliphatic rings. The van der Waals surface area contributed by atoms with Crippen LogP contribution >= 0.6 is 0 Å². The molecule has 80 valence electrons. The molecule has 0 spiro atoms. The Labute approximate surface area is 88.0 Å². The van der Waals surface area contributed by atoms with Gasteiger partial charge in [-0.1, -0.05) is 39.2 Å². The summed E-state index contributed by atoms with van der Waals surface area (Å²) in [5, 5.41) is 2.17. The van der Waals surface area contributed by atoms with Crippen LogP contribution in [0.1, 0.15) is 20.3 Å². The van der Waals surface area contributed by atoms with Gasteiger partial charge in [0.15, 0.2) is 0 Å². The standard InChI is InChI=1S/C10H16N2.C2H6/c1-4-9-6-7-12(11-3)8-10(9)5-2;1-2/h4-5,11H,1-2,6-8H2,3H3;1-2H3. The first-order chi connectivity index (χ1) is 6.81. The van der Waals surface area contributed by atoms with E-state index < -0.39 is 0 Å². The summed E-state index contributed by atoms with van der Waals surface area (Å²) >= 11 is 0. The molecule has 0 bridgehead atoms. The predicted octanol–water partition coefficient (Wildman–Crippen LogP) is 2.52. The van der Waals surface area contributed by atoms with E-state index in [4.69, 9.17) is 0 Å². The second-order valence-corrected chi connectivity index (χ2v) is 2.85. The van der Waals surface area contributed by atoms with E-state index in [9.17, 15) is 0 Å². The second-order valence-electron chi connectivity index (χ2n) is 2.85. The number of nitrogens with one attached hydrogen (secondary N) is 1. The van der Waals surface area contributed by atoms with Crippen molar-refractivity contribution in [1.29, 1.82) is 0 Å². The van der Waals surface area contributed by atoms with Gasteiger partial charge >= 0.3 is 0 Å². The molecule has 0 fully saturated rings. The zero-order chi connectivity index (χ0) is 11.0. The highest BCUT2D eigenvalue weighted by atomic mass is 15.5. The predicted molar refractivity (Wildman–Crippen MR) is 64.0 cm³/mol. The lowest BCUT2D eigenvalue weighted by atomic mass is 10.0. The van der Waals surface area contributed by atoms with Gasteiger partial charge in [-0.25, -0.2) is 5.01 Å². The first kappa shape index (κ1) is 13.1. The fraction of sp³-hybridized carbons (Fsp3) is 0.500. The maximum absolute atomic E-state index is 3.79. The monoisotopic (exact) mass is 194 g/mol. The Morgan fingerprint density at radius 2 is 1.79 bits per heavy atom. The number of hydrogen-bond acceptors (Lipinski definition) is 2. The molecular weight excluding hydrogens is 172 g/mol. The smallest absolute Gasteiger partial charge is 0.0384 e. The van der Waals surface area contributed by atoms with E-state index in [1.54, 1.807) is 0 Å². The summed E-state index contributed by atoms with van der Waals surface area (Å²) in [7, 11) is 1.94. The summed E-state index contributed by atoms with van der Waals surface area (Å²) in [5.74, 6) is 0. The molecule has 0 aromatic heterocycles. The van der Waals surface area contributed by atoms with E-state index in [-0.39, 0.29) is 0 Å². The number of rotatable bonds is 3. The van der Waals surface area contributed by atoms with E-state index in [1.807, 2.05) is 33.0 Å². The molecule has 2 nitrogen and oxygen atoms in total. The third kappa shape index (κ3) is 3.48. The lowest BCUT2D eigenvalue weighted by Gasteiger charge is -2.27. The van der Waals surface area contributed by atoms with E-state index >= 15 is 0 Å². The third-order valence-corrected chi connectivity index (χ3v) is 2.23. The number of allylic oxidation sites excluding steroid dienone is 1. The van der Waals surface area contributed by atoms with Crippen LogP contribution in [0.4, 0.5) is 0 Å². The van der Waals surface area contributed by atoms with Crippen molar-refractivity contribution in [3.63, 3.8) is 0 Å². The van der Waals surface area contributed by atoms with Crippen molar-refractivity contribution in [2.75, 3.05) is 20.1 Å². The van der Waals surface area contributed by atoms with Crippen LogP contribution in [-0.2, 0) is 0 Å². The van der Waals surface area contributed by atoms with Crippen molar-refractivity contribution in [2.45, 2.75) is 20.3 Å². The van der Waals surface area contributed by atoms with Crippen molar-refractivity contribution in [3.8, 4) is 0 Å². The summed E-state index contributed by atoms with van der Waals surface area (Å²) in [5.41, 5.74) is 5.74. The van der Waals surface area contributed by atoms with E-state index in [1.165, 1.54) is 11.1 Å². The molecule has 14 heavy (non-hydrogen) atoms. The average Bonchev–Trinajstić information content (AvgIpc) is 2.30. The quantitative estimate of drug-likeness (QED) is 0.742. The highest BCUT2D eigenvalue weighted by molar-refractivity contribution is 5.34. The first-order valence-electron chi connectivity index (χ1n) is 5.21. The Kier molecular flexibility index (Phi) is 7.07. The van der Waals surface area contributed by atoms with Gasteiger partial charge in [-0.2, -0.15) is 0 Å². The molecule has 0 aromatic carbocycles. The van der Waals surface area contributed by atoms with Gasteiger partial charge in [0.05, 0.1) is 0 Å². The van der Waals surface area contributed by atoms with Gasteiger partial charge in [-0.05, 0) is 24.6 Å². The molecule has 2 heteroatoms. The zero-order valence-electron chi connectivity index (χ0n) is 9.64. The molecule has 1 aliphatic heterocycles. The van der Waals surface area contributed by atoms with Crippen molar-refractivity contribution < 1.29 is 0 Å². The minimum atomic E-state index is 0.932. The van der Waals surface area contributed by atoms with Crippen LogP contribution in [0.25, 0.3) is 0 Å². The number of hydrogen-bond donors (Lipinski definition) is 1. The third-order valence-electron chi connectivity index (χ3n) is 2.23. The highest BCUT2D eigenvalue weighted by Gasteiger charge is 2.13. The molecular formula is C12H22N2. The van der Waals surface area contributed by atoms with Gasteiger partial charge in [-0.15, -0.1) is 0 Å². The Hall–Kier alpha value is -0.860. The van der Waals surface area contributed by atoms with Crippen molar-refractivity contribution in [1.82, 2.24) is 10.4 Å². The minimum Gasteiger partial charge on any atom is -0.258 e. The lowest BCUT2D eigenvalue weighted by molar-refractivity contribution is 0.221. The van der Waals surface area contributed by atoms with Gasteiger partial charge in [-0.3, -0.25) is 5.43 Å². The van der Waals surface area contributed by atoms with Crippen LogP contribution < -0.4 is 5.43 Å². The summed E-state index contributed by atoms with van der Waals surface area (Å²) in [6, 6.07) is 0. The normalized spacial score (nSPS) is 17.1. The van der Waals surface area contributed by atoms with Crippen LogP contribution in [0.3, 0.4) is 0 Å². The molecule has 0 aromatic rings. The van der Waals surface area contributed by atoms with Crippen LogP contribution in [-0.4, -0.2) is 25.1 Å². The average molecular weight is 194 g/mol. The molecule has 0 saturated heterocycles. The van der Waals surface area contributed by atoms with Gasteiger partial charge in [0, 0.05) is 13.1 Å². The maximum Gasteiger partial charge on any atom is 0.0384 e. The van der Waals surface area contributed by atoms with Crippen LogP contribution in [0.2, 0.25) is 0 Å². The largest absolute Gasteiger partial charge is 0.258 e. The first-order valence-corrected chi connectivity index (χ1v) is 5.21. The summed E-state index contributed by atoms with van der Waals surface area (Å²) in [4.78, 5) is 0. The number of hydrazine groups is 1. The van der Waals surface area contributed by atoms with Gasteiger partial charge < -0.3 is 0 Å². The van der Waals surface area contributed by atoms with Crippen LogP contribution in [0.15, 0.2) is 36.5 Å². The molecule has 0 saturated carbocycles. The van der Waals surface area contributed by atoms with E-state index in [2.05, 4.69) is 23.6 Å².